The normalized spacial score (nSPS) is 22.9. The molecule has 1 aromatic carbocycles. The molecule has 1 aliphatic heterocycles. The van der Waals surface area contributed by atoms with Gasteiger partial charge in [-0.2, -0.15) is 0 Å². The molecule has 7 heteroatoms. The van der Waals surface area contributed by atoms with Gasteiger partial charge in [-0.25, -0.2) is 14.4 Å². The van der Waals surface area contributed by atoms with E-state index in [1.165, 1.54) is 12.1 Å². The Morgan fingerprint density at radius 2 is 2.04 bits per heavy atom. The summed E-state index contributed by atoms with van der Waals surface area (Å²) in [4.78, 5) is 19.7. The molecular weight excluding hydrogens is 326 g/mol. The predicted octanol–water partition coefficient (Wildman–Crippen LogP) is 2.79. The third-order valence-electron chi connectivity index (χ3n) is 4.08. The molecule has 0 aromatic heterocycles. The van der Waals surface area contributed by atoms with Crippen molar-refractivity contribution in [2.45, 2.75) is 38.8 Å². The van der Waals surface area contributed by atoms with Crippen molar-refractivity contribution in [3.05, 3.63) is 29.6 Å². The zero-order valence-electron chi connectivity index (χ0n) is 15.1. The van der Waals surface area contributed by atoms with E-state index in [1.807, 2.05) is 20.8 Å². The average Bonchev–Trinajstić information content (AvgIpc) is 2.56. The van der Waals surface area contributed by atoms with Gasteiger partial charge in [0.15, 0.2) is 11.6 Å². The molecule has 6 nitrogen and oxygen atoms in total. The van der Waals surface area contributed by atoms with Crippen LogP contribution in [-0.4, -0.2) is 44.1 Å². The van der Waals surface area contributed by atoms with Gasteiger partial charge in [0.1, 0.15) is 11.6 Å². The van der Waals surface area contributed by atoms with E-state index in [9.17, 15) is 9.18 Å². The summed E-state index contributed by atoms with van der Waals surface area (Å²) in [6, 6.07) is 4.19. The lowest BCUT2D eigenvalue weighted by atomic mass is 9.90. The van der Waals surface area contributed by atoms with Gasteiger partial charge in [0.25, 0.3) is 6.47 Å². The molecule has 0 aliphatic carbocycles. The first kappa shape index (κ1) is 18.9. The van der Waals surface area contributed by atoms with Crippen LogP contribution in [0.4, 0.5) is 4.39 Å². The fraction of sp³-hybridized carbons (Fsp3) is 0.500. The Hall–Kier alpha value is -2.44. The Kier molecular flexibility index (Phi) is 5.77. The number of benzene rings is 1. The average molecular weight is 349 g/mol. The van der Waals surface area contributed by atoms with Gasteiger partial charge >= 0.3 is 0 Å². The molecule has 0 bridgehead atoms. The minimum absolute atomic E-state index is 0.117. The maximum Gasteiger partial charge on any atom is 0.298 e. The molecule has 0 amide bonds. The SMILES string of the molecule is COC1=N[C@@](C)(Cc2ccc(OC=O)c([18F])c2)C(OC)=N[C@@H]1C(C)C. The molecule has 0 radical (unpaired) electrons. The Labute approximate surface area is 146 Å². The number of methoxy groups -OCH3 is 2. The molecule has 1 aliphatic rings. The van der Waals surface area contributed by atoms with E-state index in [0.29, 0.717) is 23.8 Å². The van der Waals surface area contributed by atoms with Crippen molar-refractivity contribution in [3.8, 4) is 5.75 Å². The fourth-order valence-electron chi connectivity index (χ4n) is 2.87. The second-order valence-corrected chi connectivity index (χ2v) is 6.41. The summed E-state index contributed by atoms with van der Waals surface area (Å²) in [6.45, 7) is 6.11. The van der Waals surface area contributed by atoms with E-state index in [4.69, 9.17) is 14.5 Å². The van der Waals surface area contributed by atoms with Crippen molar-refractivity contribution in [3.63, 3.8) is 0 Å². The zero-order chi connectivity index (χ0) is 18.6. The van der Waals surface area contributed by atoms with E-state index < -0.39 is 11.4 Å². The number of ether oxygens (including phenoxy) is 3. The number of carbonyl (C=O) groups excluding carboxylic acids is 1. The maximum absolute atomic E-state index is 14.0. The summed E-state index contributed by atoms with van der Waals surface area (Å²) in [5, 5.41) is 0. The number of carbonyl (C=O) groups is 1. The summed E-state index contributed by atoms with van der Waals surface area (Å²) < 4.78 is 29.5. The molecule has 1 heterocycles. The van der Waals surface area contributed by atoms with Crippen molar-refractivity contribution >= 4 is 18.3 Å². The molecule has 1 aromatic rings. The number of aliphatic imine (C=N–C) groups is 2. The molecule has 0 saturated carbocycles. The van der Waals surface area contributed by atoms with Gasteiger partial charge in [-0.3, -0.25) is 4.79 Å². The Morgan fingerprint density at radius 1 is 1.32 bits per heavy atom. The minimum atomic E-state index is -0.815. The van der Waals surface area contributed by atoms with Crippen LogP contribution in [0.25, 0.3) is 0 Å². The molecule has 0 fully saturated rings. The first-order valence-corrected chi connectivity index (χ1v) is 7.99. The van der Waals surface area contributed by atoms with Crippen molar-refractivity contribution < 1.29 is 23.4 Å². The molecule has 0 N–H and O–H groups in total. The number of hydrogen-bond donors (Lipinski definition) is 0. The van der Waals surface area contributed by atoms with E-state index in [1.54, 1.807) is 20.3 Å². The molecule has 0 unspecified atom stereocenters. The summed E-state index contributed by atoms with van der Waals surface area (Å²) >= 11 is 0. The quantitative estimate of drug-likeness (QED) is 0.767. The Morgan fingerprint density at radius 3 is 2.56 bits per heavy atom. The summed E-state index contributed by atoms with van der Waals surface area (Å²) in [5.74, 6) is 0.468. The van der Waals surface area contributed by atoms with Crippen molar-refractivity contribution in [1.29, 1.82) is 0 Å². The summed E-state index contributed by atoms with van der Waals surface area (Å²) in [7, 11) is 3.11. The largest absolute Gasteiger partial charge is 0.483 e. The molecule has 2 rings (SSSR count). The second kappa shape index (κ2) is 7.63. The zero-order valence-corrected chi connectivity index (χ0v) is 15.1. The first-order valence-electron chi connectivity index (χ1n) is 7.99. The highest BCUT2D eigenvalue weighted by molar-refractivity contribution is 5.96. The number of nitrogens with zero attached hydrogens (tertiary/aromatic N) is 2. The van der Waals surface area contributed by atoms with Crippen LogP contribution in [0.2, 0.25) is 0 Å². The van der Waals surface area contributed by atoms with Crippen LogP contribution in [0.3, 0.4) is 0 Å². The van der Waals surface area contributed by atoms with Gasteiger partial charge in [-0.05, 0) is 30.5 Å². The minimum Gasteiger partial charge on any atom is -0.483 e. The van der Waals surface area contributed by atoms with Gasteiger partial charge in [0.05, 0.1) is 14.2 Å². The molecule has 0 saturated heterocycles. The Balaban J connectivity index is 2.35. The Bertz CT molecular complexity index is 702. The summed E-state index contributed by atoms with van der Waals surface area (Å²) in [5.41, 5.74) is -0.143. The van der Waals surface area contributed by atoms with Crippen molar-refractivity contribution in [2.75, 3.05) is 14.2 Å². The maximum atomic E-state index is 14.0. The van der Waals surface area contributed by atoms with E-state index in [-0.39, 0.29) is 24.2 Å². The lowest BCUT2D eigenvalue weighted by Crippen LogP contribution is -2.46. The van der Waals surface area contributed by atoms with E-state index in [2.05, 4.69) is 9.73 Å². The standard InChI is InChI=1S/C18H23FN2O4/c1-11(2)15-16(23-4)21-18(3,17(20-15)24-5)9-12-6-7-14(25-10-22)13(19)8-12/h6-8,10-11,15H,9H2,1-5H3/t15-,18+/m1/s1/i19-1. The van der Waals surface area contributed by atoms with Gasteiger partial charge < -0.3 is 14.2 Å². The van der Waals surface area contributed by atoms with Crippen LogP contribution in [-0.2, 0) is 20.7 Å². The fourth-order valence-corrected chi connectivity index (χ4v) is 2.87. The first-order chi connectivity index (χ1) is 11.8. The van der Waals surface area contributed by atoms with Crippen LogP contribution < -0.4 is 4.74 Å². The molecule has 2 atom stereocenters. The molecular formula is C18H23FN2O4. The highest BCUT2D eigenvalue weighted by atomic mass is 18.2. The molecule has 0 spiro atoms. The highest BCUT2D eigenvalue weighted by Gasteiger charge is 2.40. The van der Waals surface area contributed by atoms with Gasteiger partial charge in [0, 0.05) is 6.42 Å². The summed E-state index contributed by atoms with van der Waals surface area (Å²) in [6.07, 6.45) is 0.357. The van der Waals surface area contributed by atoms with Crippen molar-refractivity contribution in [1.82, 2.24) is 0 Å². The van der Waals surface area contributed by atoms with Crippen LogP contribution in [0.15, 0.2) is 28.2 Å². The lowest BCUT2D eigenvalue weighted by Gasteiger charge is -2.33. The van der Waals surface area contributed by atoms with Crippen molar-refractivity contribution in [2.24, 2.45) is 15.9 Å². The van der Waals surface area contributed by atoms with Crippen LogP contribution in [0, 0.1) is 11.7 Å². The van der Waals surface area contributed by atoms with Gasteiger partial charge in [0.2, 0.25) is 11.8 Å². The molecule has 136 valence electrons. The lowest BCUT2D eigenvalue weighted by molar-refractivity contribution is -0.120. The molecule has 25 heavy (non-hydrogen) atoms. The predicted molar refractivity (Wildman–Crippen MR) is 92.7 cm³/mol. The van der Waals surface area contributed by atoms with Gasteiger partial charge in [-0.15, -0.1) is 0 Å². The third kappa shape index (κ3) is 3.97. The van der Waals surface area contributed by atoms with Gasteiger partial charge in [-0.1, -0.05) is 19.9 Å². The number of halogens is 1. The topological polar surface area (TPSA) is 69.5 Å². The van der Waals surface area contributed by atoms with E-state index >= 15 is 0 Å². The third-order valence-corrected chi connectivity index (χ3v) is 4.08. The van der Waals surface area contributed by atoms with Crippen LogP contribution in [0.1, 0.15) is 26.3 Å². The van der Waals surface area contributed by atoms with Crippen LogP contribution >= 0.6 is 0 Å². The van der Waals surface area contributed by atoms with E-state index in [0.717, 1.165) is 0 Å². The highest BCUT2D eigenvalue weighted by Crippen LogP contribution is 2.29. The van der Waals surface area contributed by atoms with Crippen LogP contribution in [0.5, 0.6) is 5.75 Å². The second-order valence-electron chi connectivity index (χ2n) is 6.41. The monoisotopic (exact) mass is 349 g/mol. The number of rotatable bonds is 5. The smallest absolute Gasteiger partial charge is 0.298 e. The number of hydrogen-bond acceptors (Lipinski definition) is 6.